The molecule has 0 radical (unpaired) electrons. The van der Waals surface area contributed by atoms with Crippen molar-refractivity contribution in [2.45, 2.75) is 141 Å². The van der Waals surface area contributed by atoms with Crippen LogP contribution in [-0.2, 0) is 30.3 Å². The van der Waals surface area contributed by atoms with Gasteiger partial charge in [0.2, 0.25) is 23.6 Å². The van der Waals surface area contributed by atoms with Crippen LogP contribution in [0.1, 0.15) is 99.5 Å². The number of nitrogens with zero attached hydrogens (tertiary/aromatic N) is 2. The summed E-state index contributed by atoms with van der Waals surface area (Å²) in [7, 11) is 5.10. The largest absolute Gasteiger partial charge is 0.379 e. The molecule has 11 heteroatoms. The van der Waals surface area contributed by atoms with E-state index in [0.717, 1.165) is 25.7 Å². The van der Waals surface area contributed by atoms with E-state index in [-0.39, 0.29) is 65.3 Å². The molecule has 7 atom stereocenters. The number of carbonyl (C=O) groups is 4. The molecule has 0 aliphatic carbocycles. The molecule has 7 unspecified atom stereocenters. The van der Waals surface area contributed by atoms with Gasteiger partial charge in [-0.3, -0.25) is 19.2 Å². The average molecular weight is 718 g/mol. The number of rotatable bonds is 21. The molecule has 1 aliphatic rings. The Morgan fingerprint density at radius 1 is 0.980 bits per heavy atom. The van der Waals surface area contributed by atoms with E-state index in [0.29, 0.717) is 24.6 Å². The topological polar surface area (TPSA) is 120 Å². The molecule has 0 saturated carbocycles. The minimum absolute atomic E-state index is 0.00588. The molecule has 2 rings (SSSR count). The van der Waals surface area contributed by atoms with Gasteiger partial charge in [0.1, 0.15) is 6.04 Å². The number of likely N-dealkylation sites (tertiary alicyclic amines) is 1. The third-order valence-corrected chi connectivity index (χ3v) is 11.2. The molecule has 1 aliphatic heterocycles. The van der Waals surface area contributed by atoms with Crippen LogP contribution in [-0.4, -0.2) is 102 Å². The Balaban J connectivity index is 2.12. The second-order valence-electron chi connectivity index (χ2n) is 14.9. The number of hydrogen-bond acceptors (Lipinski definition) is 7. The van der Waals surface area contributed by atoms with E-state index in [2.05, 4.69) is 55.8 Å². The lowest BCUT2D eigenvalue weighted by atomic mass is 9.89. The van der Waals surface area contributed by atoms with E-state index in [9.17, 15) is 19.2 Å². The Morgan fingerprint density at radius 3 is 2.16 bits per heavy atom. The summed E-state index contributed by atoms with van der Waals surface area (Å²) >= 11 is 1.75. The number of carbonyl (C=O) groups excluding carboxylic acids is 4. The van der Waals surface area contributed by atoms with Crippen LogP contribution in [0.4, 0.5) is 0 Å². The molecule has 3 N–H and O–H groups in total. The number of methoxy groups -OCH3 is 1. The smallest absolute Gasteiger partial charge is 0.245 e. The van der Waals surface area contributed by atoms with Crippen molar-refractivity contribution in [3.63, 3.8) is 0 Å². The number of thioether (sulfide) groups is 1. The predicted octanol–water partition coefficient (Wildman–Crippen LogP) is 5.25. The van der Waals surface area contributed by atoms with Gasteiger partial charge < -0.3 is 30.5 Å². The first-order chi connectivity index (χ1) is 23.6. The highest BCUT2D eigenvalue weighted by Crippen LogP contribution is 2.28. The summed E-state index contributed by atoms with van der Waals surface area (Å²) in [6, 6.07) is 8.68. The van der Waals surface area contributed by atoms with E-state index in [1.165, 1.54) is 5.56 Å². The summed E-state index contributed by atoms with van der Waals surface area (Å²) in [4.78, 5) is 57.9. The van der Waals surface area contributed by atoms with E-state index in [1.54, 1.807) is 37.9 Å². The number of nitrogens with one attached hydrogen (secondary N) is 3. The summed E-state index contributed by atoms with van der Waals surface area (Å²) in [5.74, 6) is -0.462. The molecule has 50 heavy (non-hydrogen) atoms. The molecule has 1 aromatic rings. The van der Waals surface area contributed by atoms with Gasteiger partial charge in [-0.1, -0.05) is 92.1 Å². The van der Waals surface area contributed by atoms with Gasteiger partial charge >= 0.3 is 0 Å². The Labute approximate surface area is 307 Å². The maximum absolute atomic E-state index is 14.1. The quantitative estimate of drug-likeness (QED) is 0.149. The molecule has 1 fully saturated rings. The molecule has 0 spiro atoms. The zero-order valence-electron chi connectivity index (χ0n) is 32.7. The van der Waals surface area contributed by atoms with Crippen LogP contribution in [0.5, 0.6) is 0 Å². The van der Waals surface area contributed by atoms with Gasteiger partial charge in [-0.2, -0.15) is 0 Å². The lowest BCUT2D eigenvalue weighted by Crippen LogP contribution is -2.59. The molecule has 1 heterocycles. The number of amides is 4. The first kappa shape index (κ1) is 43.5. The second-order valence-corrected chi connectivity index (χ2v) is 16.7. The highest BCUT2D eigenvalue weighted by atomic mass is 32.2. The Hall–Kier alpha value is -2.63. The normalized spacial score (nSPS) is 18.4. The molecule has 1 saturated heterocycles. The van der Waals surface area contributed by atoms with E-state index in [4.69, 9.17) is 4.74 Å². The van der Waals surface area contributed by atoms with Gasteiger partial charge in [-0.15, -0.1) is 11.8 Å². The summed E-state index contributed by atoms with van der Waals surface area (Å²) in [6.07, 6.45) is 3.84. The van der Waals surface area contributed by atoms with Crippen LogP contribution in [0.3, 0.4) is 0 Å². The van der Waals surface area contributed by atoms with E-state index in [1.807, 2.05) is 50.8 Å². The van der Waals surface area contributed by atoms with Gasteiger partial charge in [0, 0.05) is 44.8 Å². The van der Waals surface area contributed by atoms with Crippen LogP contribution in [0.2, 0.25) is 0 Å². The Bertz CT molecular complexity index is 1200. The van der Waals surface area contributed by atoms with Crippen molar-refractivity contribution in [3.05, 3.63) is 35.9 Å². The molecular formula is C39H67N5O5S. The van der Waals surface area contributed by atoms with Gasteiger partial charge in [0.25, 0.3) is 0 Å². The van der Waals surface area contributed by atoms with Crippen LogP contribution >= 0.6 is 11.8 Å². The summed E-state index contributed by atoms with van der Waals surface area (Å²) in [6.45, 7) is 16.8. The highest BCUT2D eigenvalue weighted by Gasteiger charge is 2.40. The first-order valence-corrected chi connectivity index (χ1v) is 19.6. The number of ether oxygens (including phenoxy) is 1. The zero-order valence-corrected chi connectivity index (χ0v) is 33.5. The maximum Gasteiger partial charge on any atom is 0.245 e. The molecule has 4 amide bonds. The molecule has 284 valence electrons. The lowest BCUT2D eigenvalue weighted by Gasteiger charge is -2.40. The fourth-order valence-corrected chi connectivity index (χ4v) is 8.21. The minimum atomic E-state index is -0.720. The monoisotopic (exact) mass is 717 g/mol. The van der Waals surface area contributed by atoms with Crippen LogP contribution < -0.4 is 16.0 Å². The summed E-state index contributed by atoms with van der Waals surface area (Å²) < 4.78 is 6.00. The van der Waals surface area contributed by atoms with Crippen molar-refractivity contribution in [2.24, 2.45) is 17.8 Å². The van der Waals surface area contributed by atoms with Crippen molar-refractivity contribution in [2.75, 3.05) is 27.7 Å². The first-order valence-electron chi connectivity index (χ1n) is 18.7. The molecule has 1 aromatic carbocycles. The number of hydrogen-bond donors (Lipinski definition) is 3. The molecule has 0 aromatic heterocycles. The van der Waals surface area contributed by atoms with E-state index >= 15 is 0 Å². The minimum Gasteiger partial charge on any atom is -0.379 e. The third-order valence-electron chi connectivity index (χ3n) is 10.00. The summed E-state index contributed by atoms with van der Waals surface area (Å²) in [5, 5.41) is 9.66. The Kier molecular flexibility index (Phi) is 18.9. The molecular weight excluding hydrogens is 651 g/mol. The average Bonchev–Trinajstić information content (AvgIpc) is 3.54. The highest BCUT2D eigenvalue weighted by molar-refractivity contribution is 8.00. The van der Waals surface area contributed by atoms with Gasteiger partial charge in [-0.25, -0.2) is 0 Å². The number of benzene rings is 1. The molecule has 0 bridgehead atoms. The fraction of sp³-hybridized carbons (Fsp3) is 0.744. The molecule has 10 nitrogen and oxygen atoms in total. The van der Waals surface area contributed by atoms with Crippen LogP contribution in [0, 0.1) is 17.8 Å². The van der Waals surface area contributed by atoms with Crippen molar-refractivity contribution in [3.8, 4) is 0 Å². The van der Waals surface area contributed by atoms with Gasteiger partial charge in [0.05, 0.1) is 30.0 Å². The van der Waals surface area contributed by atoms with Gasteiger partial charge in [-0.05, 0) is 49.6 Å². The van der Waals surface area contributed by atoms with E-state index < -0.39 is 18.2 Å². The van der Waals surface area contributed by atoms with Crippen LogP contribution in [0.25, 0.3) is 0 Å². The number of likely N-dealkylation sites (N-methyl/N-ethyl adjacent to an activating group) is 2. The Morgan fingerprint density at radius 2 is 1.62 bits per heavy atom. The zero-order chi connectivity index (χ0) is 37.5. The lowest BCUT2D eigenvalue weighted by molar-refractivity contribution is -0.146. The van der Waals surface area contributed by atoms with Crippen molar-refractivity contribution in [1.82, 2.24) is 25.8 Å². The van der Waals surface area contributed by atoms with Crippen molar-refractivity contribution in [1.29, 1.82) is 0 Å². The van der Waals surface area contributed by atoms with Crippen molar-refractivity contribution >= 4 is 35.4 Å². The third kappa shape index (κ3) is 13.2. The van der Waals surface area contributed by atoms with Gasteiger partial charge in [0.15, 0.2) is 0 Å². The second kappa shape index (κ2) is 21.7. The predicted molar refractivity (Wildman–Crippen MR) is 205 cm³/mol. The fourth-order valence-electron chi connectivity index (χ4n) is 7.07. The SMILES string of the molecule is CCC(C)C(C(CC(=O)N1CCCC1CCC(=O)NC(Cc1ccccc1)SC(C)C)OC)N(C)C(=O)C(NC(=O)C(NC)C(C)C)C(C)C. The summed E-state index contributed by atoms with van der Waals surface area (Å²) in [5.41, 5.74) is 1.19. The van der Waals surface area contributed by atoms with Crippen LogP contribution in [0.15, 0.2) is 30.3 Å². The standard InChI is InChI=1S/C39H67N5O5S/c1-12-28(8)37(43(10)39(48)36(26(4)5)42-38(47)35(40-9)25(2)3)31(49-11)24-34(46)44-22-16-19-30(44)20-21-32(45)41-33(50-27(6)7)23-29-17-14-13-15-18-29/h13-15,17-18,25-28,30-31,33,35-37,40H,12,16,19-24H2,1-11H3,(H,41,45)(H,42,47). The maximum atomic E-state index is 14.1. The van der Waals surface area contributed by atoms with Crippen molar-refractivity contribution < 1.29 is 23.9 Å².